The molecule has 0 aromatic rings. The van der Waals surface area contributed by atoms with E-state index >= 15 is 0 Å². The Labute approximate surface area is 136 Å². The van der Waals surface area contributed by atoms with Crippen LogP contribution >= 0.6 is 0 Å². The molecule has 1 aliphatic heterocycles. The van der Waals surface area contributed by atoms with Crippen LogP contribution in [0.3, 0.4) is 0 Å². The molecule has 0 radical (unpaired) electrons. The van der Waals surface area contributed by atoms with Gasteiger partial charge in [-0.25, -0.2) is 4.79 Å². The minimum Gasteiger partial charge on any atom is -0.462 e. The number of urea groups is 1. The molecule has 2 saturated carbocycles. The Morgan fingerprint density at radius 2 is 1.87 bits per heavy atom. The van der Waals surface area contributed by atoms with Gasteiger partial charge in [-0.1, -0.05) is 13.3 Å². The first-order chi connectivity index (χ1) is 11.0. The highest BCUT2D eigenvalue weighted by atomic mass is 16.5. The zero-order valence-corrected chi connectivity index (χ0v) is 13.7. The van der Waals surface area contributed by atoms with Crippen molar-refractivity contribution in [1.82, 2.24) is 10.6 Å². The van der Waals surface area contributed by atoms with Crippen molar-refractivity contribution in [3.8, 4) is 0 Å². The van der Waals surface area contributed by atoms with Crippen LogP contribution < -0.4 is 10.6 Å². The second-order valence-electron chi connectivity index (χ2n) is 7.19. The molecule has 3 amide bonds. The van der Waals surface area contributed by atoms with E-state index in [2.05, 4.69) is 17.6 Å². The zero-order valence-electron chi connectivity index (χ0n) is 13.7. The standard InChI is InChI=1S/C17H26N2O4/c1-2-11-5-3-4-6-13(11)23-14(20)12-7-9-17(10-8-12)15(21)18-16(22)19-17/h11-13H,2-10H2,1H3,(H2,18,19,21,22)/t11-,12?,13-,17?/m1/s1. The van der Waals surface area contributed by atoms with Gasteiger partial charge in [-0.15, -0.1) is 0 Å². The van der Waals surface area contributed by atoms with Gasteiger partial charge in [0.25, 0.3) is 5.91 Å². The SMILES string of the molecule is CC[C@@H]1CCCC[C@H]1OC(=O)C1CCC2(CC1)NC(=O)NC2=O. The summed E-state index contributed by atoms with van der Waals surface area (Å²) in [5.74, 6) is -0.0320. The molecule has 2 N–H and O–H groups in total. The van der Waals surface area contributed by atoms with Crippen molar-refractivity contribution in [1.29, 1.82) is 0 Å². The van der Waals surface area contributed by atoms with E-state index in [0.29, 0.717) is 31.6 Å². The van der Waals surface area contributed by atoms with E-state index in [1.807, 2.05) is 0 Å². The van der Waals surface area contributed by atoms with Gasteiger partial charge in [0.1, 0.15) is 11.6 Å². The lowest BCUT2D eigenvalue weighted by Crippen LogP contribution is -2.50. The highest BCUT2D eigenvalue weighted by Crippen LogP contribution is 2.36. The summed E-state index contributed by atoms with van der Waals surface area (Å²) in [5.41, 5.74) is -0.801. The predicted octanol–water partition coefficient (Wildman–Crippen LogP) is 2.27. The molecule has 1 saturated heterocycles. The van der Waals surface area contributed by atoms with Gasteiger partial charge in [-0.2, -0.15) is 0 Å². The number of esters is 1. The molecule has 0 bridgehead atoms. The van der Waals surface area contributed by atoms with Crippen molar-refractivity contribution < 1.29 is 19.1 Å². The Hall–Kier alpha value is -1.59. The van der Waals surface area contributed by atoms with E-state index in [1.54, 1.807) is 0 Å². The van der Waals surface area contributed by atoms with Crippen molar-refractivity contribution in [3.05, 3.63) is 0 Å². The molecule has 1 heterocycles. The molecule has 0 aromatic carbocycles. The third kappa shape index (κ3) is 3.21. The largest absolute Gasteiger partial charge is 0.462 e. The lowest BCUT2D eigenvalue weighted by atomic mass is 9.76. The normalized spacial score (nSPS) is 37.3. The number of amides is 3. The van der Waals surface area contributed by atoms with E-state index in [0.717, 1.165) is 25.7 Å². The van der Waals surface area contributed by atoms with Crippen molar-refractivity contribution >= 4 is 17.9 Å². The number of hydrogen-bond donors (Lipinski definition) is 2. The molecule has 2 aliphatic carbocycles. The molecule has 1 spiro atoms. The number of rotatable bonds is 3. The Morgan fingerprint density at radius 1 is 1.17 bits per heavy atom. The van der Waals surface area contributed by atoms with Crippen LogP contribution in [0.2, 0.25) is 0 Å². The van der Waals surface area contributed by atoms with Gasteiger partial charge in [-0.05, 0) is 57.3 Å². The van der Waals surface area contributed by atoms with Crippen LogP contribution in [-0.4, -0.2) is 29.6 Å². The zero-order chi connectivity index (χ0) is 16.4. The van der Waals surface area contributed by atoms with Crippen LogP contribution in [0.4, 0.5) is 4.79 Å². The summed E-state index contributed by atoms with van der Waals surface area (Å²) in [6.07, 6.45) is 7.80. The average Bonchev–Trinajstić information content (AvgIpc) is 2.82. The minimum absolute atomic E-state index is 0.0617. The van der Waals surface area contributed by atoms with Gasteiger partial charge in [-0.3, -0.25) is 14.9 Å². The number of ether oxygens (including phenoxy) is 1. The molecule has 0 aromatic heterocycles. The Morgan fingerprint density at radius 3 is 2.48 bits per heavy atom. The number of nitrogens with one attached hydrogen (secondary N) is 2. The molecule has 23 heavy (non-hydrogen) atoms. The number of imide groups is 1. The fourth-order valence-electron chi connectivity index (χ4n) is 4.27. The summed E-state index contributed by atoms with van der Waals surface area (Å²) in [6.45, 7) is 2.16. The van der Waals surface area contributed by atoms with Crippen LogP contribution in [0.15, 0.2) is 0 Å². The second kappa shape index (κ2) is 6.49. The topological polar surface area (TPSA) is 84.5 Å². The van der Waals surface area contributed by atoms with Crippen molar-refractivity contribution in [3.63, 3.8) is 0 Å². The molecule has 0 unspecified atom stereocenters. The highest BCUT2D eigenvalue weighted by Gasteiger charge is 2.49. The van der Waals surface area contributed by atoms with E-state index in [9.17, 15) is 14.4 Å². The van der Waals surface area contributed by atoms with Gasteiger partial charge in [0, 0.05) is 0 Å². The molecular formula is C17H26N2O4. The quantitative estimate of drug-likeness (QED) is 0.616. The lowest BCUT2D eigenvalue weighted by Gasteiger charge is -2.35. The van der Waals surface area contributed by atoms with E-state index in [-0.39, 0.29) is 23.9 Å². The highest BCUT2D eigenvalue weighted by molar-refractivity contribution is 6.07. The summed E-state index contributed by atoms with van der Waals surface area (Å²) in [6, 6.07) is -0.427. The first-order valence-electron chi connectivity index (χ1n) is 8.88. The van der Waals surface area contributed by atoms with Crippen LogP contribution in [0.1, 0.15) is 64.7 Å². The fourth-order valence-corrected chi connectivity index (χ4v) is 4.27. The first kappa shape index (κ1) is 16.3. The number of hydrogen-bond acceptors (Lipinski definition) is 4. The summed E-state index contributed by atoms with van der Waals surface area (Å²) >= 11 is 0. The molecule has 2 atom stereocenters. The van der Waals surface area contributed by atoms with Gasteiger partial charge in [0.2, 0.25) is 0 Å². The van der Waals surface area contributed by atoms with Crippen molar-refractivity contribution in [2.75, 3.05) is 0 Å². The number of carbonyl (C=O) groups excluding carboxylic acids is 3. The Bertz CT molecular complexity index is 497. The molecule has 3 aliphatic rings. The summed E-state index contributed by atoms with van der Waals surface area (Å²) in [4.78, 5) is 35.7. The fraction of sp³-hybridized carbons (Fsp3) is 0.824. The maximum atomic E-state index is 12.5. The molecule has 6 nitrogen and oxygen atoms in total. The van der Waals surface area contributed by atoms with Crippen LogP contribution in [-0.2, 0) is 14.3 Å². The molecule has 3 rings (SSSR count). The molecular weight excluding hydrogens is 296 g/mol. The second-order valence-corrected chi connectivity index (χ2v) is 7.19. The third-order valence-corrected chi connectivity index (χ3v) is 5.82. The Kier molecular flexibility index (Phi) is 4.60. The van der Waals surface area contributed by atoms with Crippen LogP contribution in [0.25, 0.3) is 0 Å². The van der Waals surface area contributed by atoms with Gasteiger partial charge in [0.05, 0.1) is 5.92 Å². The molecule has 6 heteroatoms. The van der Waals surface area contributed by atoms with Crippen molar-refractivity contribution in [2.24, 2.45) is 11.8 Å². The Balaban J connectivity index is 1.54. The summed E-state index contributed by atoms with van der Waals surface area (Å²) in [7, 11) is 0. The van der Waals surface area contributed by atoms with Gasteiger partial charge in [0.15, 0.2) is 0 Å². The third-order valence-electron chi connectivity index (χ3n) is 5.82. The van der Waals surface area contributed by atoms with Crippen molar-refractivity contribution in [2.45, 2.75) is 76.4 Å². The monoisotopic (exact) mass is 322 g/mol. The smallest absolute Gasteiger partial charge is 0.322 e. The van der Waals surface area contributed by atoms with Crippen LogP contribution in [0.5, 0.6) is 0 Å². The van der Waals surface area contributed by atoms with E-state index in [1.165, 1.54) is 6.42 Å². The molecule has 128 valence electrons. The first-order valence-corrected chi connectivity index (χ1v) is 8.88. The van der Waals surface area contributed by atoms with Gasteiger partial charge < -0.3 is 10.1 Å². The predicted molar refractivity (Wildman–Crippen MR) is 83.5 cm³/mol. The number of carbonyl (C=O) groups is 3. The average molecular weight is 322 g/mol. The maximum absolute atomic E-state index is 12.5. The summed E-state index contributed by atoms with van der Waals surface area (Å²) < 4.78 is 5.81. The van der Waals surface area contributed by atoms with E-state index < -0.39 is 11.6 Å². The lowest BCUT2D eigenvalue weighted by molar-refractivity contribution is -0.160. The summed E-state index contributed by atoms with van der Waals surface area (Å²) in [5, 5.41) is 5.02. The minimum atomic E-state index is -0.801. The maximum Gasteiger partial charge on any atom is 0.322 e. The van der Waals surface area contributed by atoms with E-state index in [4.69, 9.17) is 4.74 Å². The van der Waals surface area contributed by atoms with Crippen LogP contribution in [0, 0.1) is 11.8 Å². The van der Waals surface area contributed by atoms with Gasteiger partial charge >= 0.3 is 12.0 Å². The molecule has 3 fully saturated rings.